The SMILES string of the molecule is COC1=C(OC)C(=O)C(C(C)(C)C)=C(C)C1=O. The molecule has 0 saturated carbocycles. The molecule has 1 rings (SSSR count). The van der Waals surface area contributed by atoms with E-state index in [9.17, 15) is 9.59 Å². The van der Waals surface area contributed by atoms with Crippen molar-refractivity contribution in [1.29, 1.82) is 0 Å². The van der Waals surface area contributed by atoms with Gasteiger partial charge in [-0.2, -0.15) is 0 Å². The van der Waals surface area contributed by atoms with Crippen LogP contribution in [0, 0.1) is 5.41 Å². The summed E-state index contributed by atoms with van der Waals surface area (Å²) in [6.07, 6.45) is 0. The van der Waals surface area contributed by atoms with Crippen molar-refractivity contribution in [3.05, 3.63) is 22.7 Å². The molecular formula is C13H18O4. The van der Waals surface area contributed by atoms with E-state index in [1.807, 2.05) is 20.8 Å². The fourth-order valence-corrected chi connectivity index (χ4v) is 2.05. The van der Waals surface area contributed by atoms with Gasteiger partial charge in [0, 0.05) is 11.1 Å². The lowest BCUT2D eigenvalue weighted by molar-refractivity contribution is -0.121. The van der Waals surface area contributed by atoms with Crippen LogP contribution in [0.15, 0.2) is 22.7 Å². The largest absolute Gasteiger partial charge is 0.489 e. The van der Waals surface area contributed by atoms with E-state index in [2.05, 4.69) is 0 Å². The first-order chi connectivity index (χ1) is 7.75. The van der Waals surface area contributed by atoms with Crippen LogP contribution in [0.5, 0.6) is 0 Å². The van der Waals surface area contributed by atoms with Gasteiger partial charge in [-0.05, 0) is 12.3 Å². The van der Waals surface area contributed by atoms with E-state index in [0.29, 0.717) is 11.1 Å². The van der Waals surface area contributed by atoms with Gasteiger partial charge in [0.15, 0.2) is 0 Å². The number of Topliss-reactive ketones (excluding diaryl/α,β-unsaturated/α-hetero) is 2. The lowest BCUT2D eigenvalue weighted by Gasteiger charge is -2.28. The average Bonchev–Trinajstić information content (AvgIpc) is 2.21. The molecule has 4 heteroatoms. The number of carbonyl (C=O) groups excluding carboxylic acids is 2. The summed E-state index contributed by atoms with van der Waals surface area (Å²) >= 11 is 0. The molecule has 0 atom stereocenters. The van der Waals surface area contributed by atoms with Crippen molar-refractivity contribution in [3.8, 4) is 0 Å². The van der Waals surface area contributed by atoms with Crippen LogP contribution in [-0.4, -0.2) is 25.8 Å². The van der Waals surface area contributed by atoms with Crippen LogP contribution in [0.25, 0.3) is 0 Å². The van der Waals surface area contributed by atoms with E-state index < -0.39 is 5.41 Å². The Kier molecular flexibility index (Phi) is 3.45. The molecule has 0 aromatic heterocycles. The standard InChI is InChI=1S/C13H18O4/c1-7-8(13(2,3)4)10(15)12(17-6)11(16-5)9(7)14/h1-6H3. The van der Waals surface area contributed by atoms with Crippen LogP contribution in [0.2, 0.25) is 0 Å². The summed E-state index contributed by atoms with van der Waals surface area (Å²) in [6, 6.07) is 0. The number of hydrogen-bond acceptors (Lipinski definition) is 4. The maximum atomic E-state index is 12.3. The Balaban J connectivity index is 3.45. The monoisotopic (exact) mass is 238 g/mol. The molecule has 0 aliphatic heterocycles. The Morgan fingerprint density at radius 3 is 1.65 bits per heavy atom. The third kappa shape index (κ3) is 2.12. The Hall–Kier alpha value is -1.58. The molecule has 0 heterocycles. The van der Waals surface area contributed by atoms with Crippen LogP contribution >= 0.6 is 0 Å². The third-order valence-corrected chi connectivity index (χ3v) is 2.72. The second kappa shape index (κ2) is 4.35. The minimum atomic E-state index is -0.403. The summed E-state index contributed by atoms with van der Waals surface area (Å²) in [5.74, 6) is -0.571. The Morgan fingerprint density at radius 1 is 0.882 bits per heavy atom. The molecule has 0 aromatic rings. The fraction of sp³-hybridized carbons (Fsp3) is 0.538. The zero-order valence-electron chi connectivity index (χ0n) is 11.1. The molecule has 0 fully saturated rings. The average molecular weight is 238 g/mol. The van der Waals surface area contributed by atoms with E-state index in [-0.39, 0.29) is 23.1 Å². The molecule has 0 unspecified atom stereocenters. The minimum Gasteiger partial charge on any atom is -0.489 e. The number of allylic oxidation sites excluding steroid dienone is 2. The normalized spacial score (nSPS) is 17.8. The molecular weight excluding hydrogens is 220 g/mol. The zero-order chi connectivity index (χ0) is 13.4. The molecule has 0 bridgehead atoms. The van der Waals surface area contributed by atoms with Crippen molar-refractivity contribution < 1.29 is 19.1 Å². The van der Waals surface area contributed by atoms with Crippen molar-refractivity contribution >= 4 is 11.6 Å². The van der Waals surface area contributed by atoms with E-state index in [1.54, 1.807) is 6.92 Å². The predicted octanol–water partition coefficient (Wildman–Crippen LogP) is 2.01. The minimum absolute atomic E-state index is 0.00646. The van der Waals surface area contributed by atoms with E-state index in [4.69, 9.17) is 9.47 Å². The fourth-order valence-electron chi connectivity index (χ4n) is 2.05. The molecule has 0 amide bonds. The van der Waals surface area contributed by atoms with Crippen LogP contribution < -0.4 is 0 Å². The second-order valence-corrected chi connectivity index (χ2v) is 4.97. The summed E-state index contributed by atoms with van der Waals surface area (Å²) in [5.41, 5.74) is 0.514. The highest BCUT2D eigenvalue weighted by atomic mass is 16.5. The summed E-state index contributed by atoms with van der Waals surface area (Å²) in [5, 5.41) is 0. The number of hydrogen-bond donors (Lipinski definition) is 0. The van der Waals surface area contributed by atoms with Gasteiger partial charge in [-0.1, -0.05) is 20.8 Å². The van der Waals surface area contributed by atoms with E-state index in [1.165, 1.54) is 14.2 Å². The van der Waals surface area contributed by atoms with Crippen molar-refractivity contribution in [2.75, 3.05) is 14.2 Å². The topological polar surface area (TPSA) is 52.6 Å². The van der Waals surface area contributed by atoms with Gasteiger partial charge in [-0.3, -0.25) is 9.59 Å². The van der Waals surface area contributed by atoms with Gasteiger partial charge in [0.1, 0.15) is 0 Å². The van der Waals surface area contributed by atoms with E-state index >= 15 is 0 Å². The first kappa shape index (κ1) is 13.5. The number of ketones is 2. The van der Waals surface area contributed by atoms with Gasteiger partial charge < -0.3 is 9.47 Å². The molecule has 1 aliphatic carbocycles. The Morgan fingerprint density at radius 2 is 1.29 bits per heavy atom. The van der Waals surface area contributed by atoms with Crippen LogP contribution in [0.1, 0.15) is 27.7 Å². The highest BCUT2D eigenvalue weighted by Gasteiger charge is 2.39. The zero-order valence-corrected chi connectivity index (χ0v) is 11.1. The number of rotatable bonds is 2. The first-order valence-electron chi connectivity index (χ1n) is 5.38. The van der Waals surface area contributed by atoms with Gasteiger partial charge in [-0.15, -0.1) is 0 Å². The highest BCUT2D eigenvalue weighted by molar-refractivity contribution is 6.23. The summed E-state index contributed by atoms with van der Waals surface area (Å²) in [6.45, 7) is 7.32. The van der Waals surface area contributed by atoms with E-state index in [0.717, 1.165) is 0 Å². The number of methoxy groups -OCH3 is 2. The molecule has 0 radical (unpaired) electrons. The highest BCUT2D eigenvalue weighted by Crippen LogP contribution is 2.36. The van der Waals surface area contributed by atoms with Crippen LogP contribution in [-0.2, 0) is 19.1 Å². The van der Waals surface area contributed by atoms with Crippen molar-refractivity contribution in [3.63, 3.8) is 0 Å². The molecule has 17 heavy (non-hydrogen) atoms. The molecule has 0 saturated heterocycles. The maximum absolute atomic E-state index is 12.3. The lowest BCUT2D eigenvalue weighted by atomic mass is 9.77. The molecule has 1 aliphatic rings. The molecule has 94 valence electrons. The van der Waals surface area contributed by atoms with Crippen molar-refractivity contribution in [1.82, 2.24) is 0 Å². The quantitative estimate of drug-likeness (QED) is 0.690. The van der Waals surface area contributed by atoms with Gasteiger partial charge in [0.2, 0.25) is 23.1 Å². The molecule has 0 spiro atoms. The maximum Gasteiger partial charge on any atom is 0.228 e. The summed E-state index contributed by atoms with van der Waals surface area (Å²) < 4.78 is 9.96. The summed E-state index contributed by atoms with van der Waals surface area (Å²) in [4.78, 5) is 24.3. The second-order valence-electron chi connectivity index (χ2n) is 4.97. The summed E-state index contributed by atoms with van der Waals surface area (Å²) in [7, 11) is 2.72. The Labute approximate surface area is 101 Å². The molecule has 0 N–H and O–H groups in total. The van der Waals surface area contributed by atoms with Crippen molar-refractivity contribution in [2.45, 2.75) is 27.7 Å². The van der Waals surface area contributed by atoms with Gasteiger partial charge in [-0.25, -0.2) is 0 Å². The van der Waals surface area contributed by atoms with Crippen LogP contribution in [0.4, 0.5) is 0 Å². The van der Waals surface area contributed by atoms with Crippen molar-refractivity contribution in [2.24, 2.45) is 5.41 Å². The van der Waals surface area contributed by atoms with Gasteiger partial charge in [0.05, 0.1) is 14.2 Å². The first-order valence-corrected chi connectivity index (χ1v) is 5.38. The Bertz CT molecular complexity index is 433. The molecule has 0 aromatic carbocycles. The smallest absolute Gasteiger partial charge is 0.228 e. The predicted molar refractivity (Wildman–Crippen MR) is 63.2 cm³/mol. The third-order valence-electron chi connectivity index (χ3n) is 2.72. The van der Waals surface area contributed by atoms with Gasteiger partial charge in [0.25, 0.3) is 0 Å². The van der Waals surface area contributed by atoms with Crippen LogP contribution in [0.3, 0.4) is 0 Å². The lowest BCUT2D eigenvalue weighted by Crippen LogP contribution is -2.30. The van der Waals surface area contributed by atoms with Gasteiger partial charge >= 0.3 is 0 Å². The number of carbonyl (C=O) groups is 2. The molecule has 4 nitrogen and oxygen atoms in total. The number of ether oxygens (including phenoxy) is 2.